The van der Waals surface area contributed by atoms with E-state index in [0.717, 1.165) is 30.1 Å². The summed E-state index contributed by atoms with van der Waals surface area (Å²) in [6.07, 6.45) is 5.78. The molecule has 0 aliphatic heterocycles. The van der Waals surface area contributed by atoms with Gasteiger partial charge in [0.25, 0.3) is 0 Å². The Kier molecular flexibility index (Phi) is 3.88. The molecule has 2 aromatic heterocycles. The van der Waals surface area contributed by atoms with Gasteiger partial charge in [-0.2, -0.15) is 0 Å². The molecule has 2 aromatic rings. The summed E-state index contributed by atoms with van der Waals surface area (Å²) in [4.78, 5) is 12.0. The highest BCUT2D eigenvalue weighted by Crippen LogP contribution is 2.20. The van der Waals surface area contributed by atoms with Crippen molar-refractivity contribution in [2.75, 3.05) is 6.54 Å². The molecule has 0 radical (unpaired) electrons. The quantitative estimate of drug-likeness (QED) is 0.828. The average Bonchev–Trinajstić information content (AvgIpc) is 2.86. The standard InChI is InChI=1S/C13H18N4/c1-2-5-10(8-14)13-16-9-12(17-13)11-6-3-4-7-15-11/h3-4,6-7,9-10H,2,5,8,14H2,1H3,(H,16,17). The van der Waals surface area contributed by atoms with E-state index in [4.69, 9.17) is 5.73 Å². The fourth-order valence-corrected chi connectivity index (χ4v) is 1.91. The highest BCUT2D eigenvalue weighted by Gasteiger charge is 2.13. The molecule has 2 rings (SSSR count). The van der Waals surface area contributed by atoms with Gasteiger partial charge in [0.1, 0.15) is 5.82 Å². The second-order valence-corrected chi connectivity index (χ2v) is 4.12. The molecular weight excluding hydrogens is 212 g/mol. The molecule has 4 heteroatoms. The molecule has 17 heavy (non-hydrogen) atoms. The number of nitrogens with zero attached hydrogens (tertiary/aromatic N) is 2. The van der Waals surface area contributed by atoms with Crippen LogP contribution in [0.2, 0.25) is 0 Å². The number of hydrogen-bond donors (Lipinski definition) is 2. The number of aromatic amines is 1. The largest absolute Gasteiger partial charge is 0.340 e. The van der Waals surface area contributed by atoms with Crippen LogP contribution < -0.4 is 5.73 Å². The van der Waals surface area contributed by atoms with E-state index in [1.807, 2.05) is 24.4 Å². The molecule has 0 saturated carbocycles. The van der Waals surface area contributed by atoms with E-state index in [0.29, 0.717) is 12.5 Å². The Balaban J connectivity index is 2.21. The number of H-pyrrole nitrogens is 1. The van der Waals surface area contributed by atoms with Crippen LogP contribution in [0, 0.1) is 0 Å². The van der Waals surface area contributed by atoms with E-state index >= 15 is 0 Å². The van der Waals surface area contributed by atoms with E-state index in [9.17, 15) is 0 Å². The van der Waals surface area contributed by atoms with Crippen LogP contribution in [-0.2, 0) is 0 Å². The van der Waals surface area contributed by atoms with E-state index in [2.05, 4.69) is 21.9 Å². The van der Waals surface area contributed by atoms with Gasteiger partial charge in [-0.05, 0) is 18.6 Å². The molecule has 0 aromatic carbocycles. The second kappa shape index (κ2) is 5.59. The smallest absolute Gasteiger partial charge is 0.110 e. The van der Waals surface area contributed by atoms with Crippen molar-refractivity contribution in [3.05, 3.63) is 36.4 Å². The zero-order chi connectivity index (χ0) is 12.1. The normalized spacial score (nSPS) is 12.6. The SMILES string of the molecule is CCCC(CN)c1ncc(-c2ccccn2)[nH]1. The van der Waals surface area contributed by atoms with Crippen molar-refractivity contribution in [2.45, 2.75) is 25.7 Å². The fourth-order valence-electron chi connectivity index (χ4n) is 1.91. The van der Waals surface area contributed by atoms with E-state index in [1.165, 1.54) is 0 Å². The van der Waals surface area contributed by atoms with Crippen LogP contribution in [0.1, 0.15) is 31.5 Å². The summed E-state index contributed by atoms with van der Waals surface area (Å²) in [6.45, 7) is 2.79. The first-order valence-electron chi connectivity index (χ1n) is 6.01. The van der Waals surface area contributed by atoms with Gasteiger partial charge in [0, 0.05) is 18.7 Å². The van der Waals surface area contributed by atoms with Crippen LogP contribution in [0.15, 0.2) is 30.6 Å². The third-order valence-electron chi connectivity index (χ3n) is 2.84. The molecule has 0 aliphatic carbocycles. The predicted octanol–water partition coefficient (Wildman–Crippen LogP) is 2.31. The number of nitrogens with one attached hydrogen (secondary N) is 1. The lowest BCUT2D eigenvalue weighted by Crippen LogP contribution is -2.13. The van der Waals surface area contributed by atoms with Gasteiger partial charge >= 0.3 is 0 Å². The van der Waals surface area contributed by atoms with Gasteiger partial charge in [-0.1, -0.05) is 19.4 Å². The molecule has 0 amide bonds. The molecule has 0 bridgehead atoms. The number of nitrogens with two attached hydrogens (primary N) is 1. The molecule has 1 atom stereocenters. The molecule has 3 N–H and O–H groups in total. The molecule has 1 unspecified atom stereocenters. The van der Waals surface area contributed by atoms with Crippen molar-refractivity contribution in [3.8, 4) is 11.4 Å². The number of aromatic nitrogens is 3. The second-order valence-electron chi connectivity index (χ2n) is 4.12. The van der Waals surface area contributed by atoms with Crippen molar-refractivity contribution in [1.29, 1.82) is 0 Å². The highest BCUT2D eigenvalue weighted by atomic mass is 14.9. The van der Waals surface area contributed by atoms with Crippen LogP contribution >= 0.6 is 0 Å². The van der Waals surface area contributed by atoms with E-state index in [-0.39, 0.29) is 0 Å². The fraction of sp³-hybridized carbons (Fsp3) is 0.385. The lowest BCUT2D eigenvalue weighted by atomic mass is 10.0. The molecule has 0 aliphatic rings. The van der Waals surface area contributed by atoms with Gasteiger partial charge in [0.2, 0.25) is 0 Å². The summed E-state index contributed by atoms with van der Waals surface area (Å²) in [7, 11) is 0. The Hall–Kier alpha value is -1.68. The minimum Gasteiger partial charge on any atom is -0.340 e. The average molecular weight is 230 g/mol. The Morgan fingerprint density at radius 3 is 2.88 bits per heavy atom. The van der Waals surface area contributed by atoms with E-state index in [1.54, 1.807) is 6.20 Å². The molecule has 4 nitrogen and oxygen atoms in total. The van der Waals surface area contributed by atoms with Gasteiger partial charge < -0.3 is 10.7 Å². The number of pyridine rings is 1. The Morgan fingerprint density at radius 1 is 1.35 bits per heavy atom. The first-order chi connectivity index (χ1) is 8.35. The minimum absolute atomic E-state index is 0.317. The molecule has 90 valence electrons. The van der Waals surface area contributed by atoms with Gasteiger partial charge in [0.15, 0.2) is 0 Å². The third-order valence-corrected chi connectivity index (χ3v) is 2.84. The Morgan fingerprint density at radius 2 is 2.24 bits per heavy atom. The summed E-state index contributed by atoms with van der Waals surface area (Å²) in [5, 5.41) is 0. The molecule has 0 saturated heterocycles. The summed E-state index contributed by atoms with van der Waals surface area (Å²) in [5.74, 6) is 1.28. The van der Waals surface area contributed by atoms with Crippen LogP contribution in [0.25, 0.3) is 11.4 Å². The maximum Gasteiger partial charge on any atom is 0.110 e. The number of rotatable bonds is 5. The lowest BCUT2D eigenvalue weighted by molar-refractivity contribution is 0.595. The first-order valence-corrected chi connectivity index (χ1v) is 6.01. The molecule has 0 spiro atoms. The zero-order valence-electron chi connectivity index (χ0n) is 10.1. The van der Waals surface area contributed by atoms with E-state index < -0.39 is 0 Å². The Bertz CT molecular complexity index is 449. The monoisotopic (exact) mass is 230 g/mol. The van der Waals surface area contributed by atoms with Crippen molar-refractivity contribution in [1.82, 2.24) is 15.0 Å². The van der Waals surface area contributed by atoms with Gasteiger partial charge in [-0.25, -0.2) is 4.98 Å². The highest BCUT2D eigenvalue weighted by molar-refractivity contribution is 5.52. The molecule has 0 fully saturated rings. The third kappa shape index (κ3) is 2.71. The topological polar surface area (TPSA) is 67.6 Å². The minimum atomic E-state index is 0.317. The molecule has 2 heterocycles. The molecular formula is C13H18N4. The van der Waals surface area contributed by atoms with Crippen molar-refractivity contribution in [3.63, 3.8) is 0 Å². The first kappa shape index (κ1) is 11.8. The zero-order valence-corrected chi connectivity index (χ0v) is 10.1. The van der Waals surface area contributed by atoms with Gasteiger partial charge in [-0.3, -0.25) is 4.98 Å². The Labute approximate surface area is 101 Å². The number of imidazole rings is 1. The lowest BCUT2D eigenvalue weighted by Gasteiger charge is -2.09. The van der Waals surface area contributed by atoms with Crippen LogP contribution in [0.5, 0.6) is 0 Å². The maximum atomic E-state index is 5.76. The summed E-state index contributed by atoms with van der Waals surface area (Å²) in [6, 6.07) is 5.84. The van der Waals surface area contributed by atoms with Gasteiger partial charge in [0.05, 0.1) is 17.6 Å². The maximum absolute atomic E-state index is 5.76. The van der Waals surface area contributed by atoms with Crippen LogP contribution in [0.3, 0.4) is 0 Å². The van der Waals surface area contributed by atoms with Crippen LogP contribution in [-0.4, -0.2) is 21.5 Å². The van der Waals surface area contributed by atoms with Crippen molar-refractivity contribution >= 4 is 0 Å². The summed E-state index contributed by atoms with van der Waals surface area (Å²) >= 11 is 0. The van der Waals surface area contributed by atoms with Crippen molar-refractivity contribution < 1.29 is 0 Å². The van der Waals surface area contributed by atoms with Gasteiger partial charge in [-0.15, -0.1) is 0 Å². The van der Waals surface area contributed by atoms with Crippen LogP contribution in [0.4, 0.5) is 0 Å². The predicted molar refractivity (Wildman–Crippen MR) is 68.5 cm³/mol. The summed E-state index contributed by atoms with van der Waals surface area (Å²) in [5.41, 5.74) is 7.63. The number of hydrogen-bond acceptors (Lipinski definition) is 3. The van der Waals surface area contributed by atoms with Crippen molar-refractivity contribution in [2.24, 2.45) is 5.73 Å². The summed E-state index contributed by atoms with van der Waals surface area (Å²) < 4.78 is 0.